The molecule has 0 aliphatic heterocycles. The van der Waals surface area contributed by atoms with Gasteiger partial charge in [-0.3, -0.25) is 0 Å². The molecular weight excluding hydrogens is 1080 g/mol. The van der Waals surface area contributed by atoms with Crippen LogP contribution in [0.2, 0.25) is 0 Å². The average molecular weight is 1190 g/mol. The first kappa shape index (κ1) is 66.1. The molecule has 0 bridgehead atoms. The van der Waals surface area contributed by atoms with Crippen molar-refractivity contribution in [3.05, 3.63) is 69.1 Å². The summed E-state index contributed by atoms with van der Waals surface area (Å²) >= 11 is 9.92. The number of unbranched alkanes of at least 4 members (excludes halogenated alkanes) is 18. The third kappa shape index (κ3) is 19.0. The molecular formula is C74H112N2S5. The normalized spacial score (nSPS) is 13.7. The lowest BCUT2D eigenvalue weighted by Crippen LogP contribution is -2.06. The van der Waals surface area contributed by atoms with E-state index in [1.807, 2.05) is 0 Å². The number of aromatic nitrogens is 2. The largest absolute Gasteiger partial charge is 0.173 e. The number of rotatable bonds is 43. The second kappa shape index (κ2) is 35.9. The molecule has 0 radical (unpaired) electrons. The average Bonchev–Trinajstić information content (AvgIpc) is 4.20. The van der Waals surface area contributed by atoms with Crippen molar-refractivity contribution in [2.24, 2.45) is 23.7 Å². The van der Waals surface area contributed by atoms with Crippen LogP contribution in [0.4, 0.5) is 0 Å². The lowest BCUT2D eigenvalue weighted by molar-refractivity contribution is 0.403. The second-order valence-electron chi connectivity index (χ2n) is 25.4. The van der Waals surface area contributed by atoms with Gasteiger partial charge in [0, 0.05) is 44.2 Å². The van der Waals surface area contributed by atoms with E-state index in [9.17, 15) is 0 Å². The maximum Gasteiger partial charge on any atom is 0.113 e. The Kier molecular flexibility index (Phi) is 29.3. The van der Waals surface area contributed by atoms with Crippen LogP contribution in [0.25, 0.3) is 61.2 Å². The number of hydrogen-bond acceptors (Lipinski definition) is 7. The standard InChI is InChI=1S/C74H112N2S5/c1-11-19-25-29-31-35-41-57(39-33-27-21-13-3)46-59-45-54(10)77-71(59)67-51-64-62(48-55(17-7)37-23-15-5)74-65(63(73(64)79-67)49-56(18-8)38-24-16-6)52-68(80-74)72-60(47-58(40-34-28-22-14-4)42-36-32-30-26-20-12-2)50-66(78-72)61-44-43-53(9)69-70(61)76-81-75-69/h43-45,50-52,55-58H,11-42,46-49H2,1-10H3. The van der Waals surface area contributed by atoms with E-state index < -0.39 is 0 Å². The van der Waals surface area contributed by atoms with Crippen LogP contribution < -0.4 is 0 Å². The zero-order valence-corrected chi connectivity index (χ0v) is 57.2. The van der Waals surface area contributed by atoms with Gasteiger partial charge < -0.3 is 0 Å². The van der Waals surface area contributed by atoms with Gasteiger partial charge in [-0.2, -0.15) is 8.75 Å². The summed E-state index contributed by atoms with van der Waals surface area (Å²) in [6.07, 6.45) is 48.0. The molecule has 0 fully saturated rings. The van der Waals surface area contributed by atoms with Crippen molar-refractivity contribution in [3.63, 3.8) is 0 Å². The van der Waals surface area contributed by atoms with Crippen LogP contribution in [-0.2, 0) is 25.7 Å². The van der Waals surface area contributed by atoms with E-state index in [0.29, 0.717) is 17.8 Å². The summed E-state index contributed by atoms with van der Waals surface area (Å²) in [7, 11) is 0. The predicted octanol–water partition coefficient (Wildman–Crippen LogP) is 27.1. The highest BCUT2D eigenvalue weighted by molar-refractivity contribution is 7.28. The Hall–Kier alpha value is -2.42. The van der Waals surface area contributed by atoms with Gasteiger partial charge in [0.15, 0.2) is 0 Å². The van der Waals surface area contributed by atoms with E-state index in [1.165, 1.54) is 274 Å². The molecule has 5 aromatic heterocycles. The zero-order chi connectivity index (χ0) is 57.3. The molecule has 0 aliphatic rings. The molecule has 0 saturated heterocycles. The predicted molar refractivity (Wildman–Crippen MR) is 372 cm³/mol. The van der Waals surface area contributed by atoms with Crippen LogP contribution >= 0.6 is 57.1 Å². The minimum atomic E-state index is 0.689. The highest BCUT2D eigenvalue weighted by Gasteiger charge is 2.28. The Bertz CT molecular complexity index is 2790. The lowest BCUT2D eigenvalue weighted by atomic mass is 9.86. The van der Waals surface area contributed by atoms with Crippen molar-refractivity contribution in [2.45, 2.75) is 300 Å². The first-order valence-electron chi connectivity index (χ1n) is 34.1. The van der Waals surface area contributed by atoms with Crippen LogP contribution in [0, 0.1) is 37.5 Å². The summed E-state index contributed by atoms with van der Waals surface area (Å²) < 4.78 is 13.1. The van der Waals surface area contributed by atoms with Crippen molar-refractivity contribution >= 4 is 88.3 Å². The quantitative estimate of drug-likeness (QED) is 0.0356. The number of hydrogen-bond donors (Lipinski definition) is 0. The van der Waals surface area contributed by atoms with E-state index >= 15 is 0 Å². The molecule has 0 spiro atoms. The summed E-state index contributed by atoms with van der Waals surface area (Å²) in [5.74, 6) is 2.87. The van der Waals surface area contributed by atoms with Gasteiger partial charge in [-0.05, 0) is 126 Å². The van der Waals surface area contributed by atoms with Crippen LogP contribution in [0.5, 0.6) is 0 Å². The maximum atomic E-state index is 4.99. The Balaban J connectivity index is 1.39. The molecule has 2 aromatic carbocycles. The summed E-state index contributed by atoms with van der Waals surface area (Å²) in [6.45, 7) is 23.8. The van der Waals surface area contributed by atoms with Crippen molar-refractivity contribution in [1.82, 2.24) is 8.75 Å². The number of benzene rings is 2. The maximum absolute atomic E-state index is 4.99. The van der Waals surface area contributed by atoms with Crippen LogP contribution in [0.1, 0.15) is 294 Å². The summed E-state index contributed by atoms with van der Waals surface area (Å²) in [6, 6.07) is 15.4. The minimum Gasteiger partial charge on any atom is -0.173 e. The molecule has 4 unspecified atom stereocenters. The van der Waals surface area contributed by atoms with Gasteiger partial charge in [-0.15, -0.1) is 45.3 Å². The summed E-state index contributed by atoms with van der Waals surface area (Å²) in [5, 5.41) is 3.19. The number of nitrogens with zero attached hydrogens (tertiary/aromatic N) is 2. The van der Waals surface area contributed by atoms with Gasteiger partial charge >= 0.3 is 0 Å². The molecule has 7 rings (SSSR count). The molecule has 7 aromatic rings. The summed E-state index contributed by atoms with van der Waals surface area (Å²) in [4.78, 5) is 9.05. The smallest absolute Gasteiger partial charge is 0.113 e. The van der Waals surface area contributed by atoms with Crippen molar-refractivity contribution < 1.29 is 0 Å². The molecule has 0 N–H and O–H groups in total. The van der Waals surface area contributed by atoms with Crippen molar-refractivity contribution in [3.8, 4) is 29.9 Å². The lowest BCUT2D eigenvalue weighted by Gasteiger charge is -2.20. The van der Waals surface area contributed by atoms with E-state index in [0.717, 1.165) is 17.0 Å². The molecule has 81 heavy (non-hydrogen) atoms. The third-order valence-corrected chi connectivity index (χ3v) is 24.3. The Morgan fingerprint density at radius 3 is 1.25 bits per heavy atom. The molecule has 0 amide bonds. The highest BCUT2D eigenvalue weighted by atomic mass is 32.1. The molecule has 0 aliphatic carbocycles. The van der Waals surface area contributed by atoms with E-state index in [2.05, 4.69) is 151 Å². The molecule has 7 heteroatoms. The molecule has 0 saturated carbocycles. The highest BCUT2D eigenvalue weighted by Crippen LogP contribution is 2.52. The molecule has 448 valence electrons. The third-order valence-electron chi connectivity index (χ3n) is 18.7. The molecule has 5 heterocycles. The molecule has 2 nitrogen and oxygen atoms in total. The fourth-order valence-electron chi connectivity index (χ4n) is 13.5. The molecule has 4 atom stereocenters. The van der Waals surface area contributed by atoms with Gasteiger partial charge in [0.25, 0.3) is 0 Å². The Labute approximate surface area is 516 Å². The number of aryl methyl sites for hydroxylation is 2. The van der Waals surface area contributed by atoms with Gasteiger partial charge in [0.05, 0.1) is 11.7 Å². The first-order chi connectivity index (χ1) is 39.7. The monoisotopic (exact) mass is 1190 g/mol. The van der Waals surface area contributed by atoms with Crippen molar-refractivity contribution in [2.75, 3.05) is 0 Å². The second-order valence-corrected chi connectivity index (χ2v) is 30.4. The van der Waals surface area contributed by atoms with Gasteiger partial charge in [0.1, 0.15) is 11.0 Å². The Morgan fingerprint density at radius 1 is 0.370 bits per heavy atom. The van der Waals surface area contributed by atoms with Gasteiger partial charge in [-0.1, -0.05) is 273 Å². The van der Waals surface area contributed by atoms with E-state index in [1.54, 1.807) is 52.2 Å². The van der Waals surface area contributed by atoms with E-state index in [4.69, 9.17) is 8.75 Å². The van der Waals surface area contributed by atoms with Crippen LogP contribution in [0.3, 0.4) is 0 Å². The van der Waals surface area contributed by atoms with Gasteiger partial charge in [0.2, 0.25) is 0 Å². The minimum absolute atomic E-state index is 0.689. The number of fused-ring (bicyclic) bond motifs is 3. The van der Waals surface area contributed by atoms with Crippen LogP contribution in [0.15, 0.2) is 36.4 Å². The topological polar surface area (TPSA) is 25.8 Å². The fraction of sp³-hybridized carbons (Fsp3) is 0.676. The zero-order valence-electron chi connectivity index (χ0n) is 53.2. The SMILES string of the molecule is CCCCCCCCC(CCCCCC)Cc1cc(C)sc1-c1cc2c(CC(CC)CCCC)c3sc(-c4sc(-c5ccc(C)c6nsnc56)cc4CC(CCCCCC)CCCCCCCC)cc3c(CC(CC)CCCC)c2s1. The fourth-order valence-corrected chi connectivity index (χ4v) is 19.2. The summed E-state index contributed by atoms with van der Waals surface area (Å²) in [5.41, 5.74) is 11.2. The van der Waals surface area contributed by atoms with Crippen LogP contribution in [-0.4, -0.2) is 8.75 Å². The van der Waals surface area contributed by atoms with E-state index in [-0.39, 0.29) is 0 Å². The Morgan fingerprint density at radius 2 is 0.778 bits per heavy atom. The number of thiophene rings is 4. The first-order valence-corrected chi connectivity index (χ1v) is 38.1. The van der Waals surface area contributed by atoms with Gasteiger partial charge in [-0.25, -0.2) is 0 Å². The van der Waals surface area contributed by atoms with Crippen molar-refractivity contribution in [1.29, 1.82) is 0 Å².